The average Bonchev–Trinajstić information content (AvgIpc) is 2.73. The van der Waals surface area contributed by atoms with Crippen molar-refractivity contribution in [1.82, 2.24) is 10.3 Å². The first-order valence-electron chi connectivity index (χ1n) is 8.67. The first kappa shape index (κ1) is 20.6. The van der Waals surface area contributed by atoms with E-state index < -0.39 is 0 Å². The van der Waals surface area contributed by atoms with E-state index in [1.54, 1.807) is 42.6 Å². The van der Waals surface area contributed by atoms with E-state index in [4.69, 9.17) is 27.9 Å². The Morgan fingerprint density at radius 1 is 1.03 bits per heavy atom. The van der Waals surface area contributed by atoms with Crippen LogP contribution < -0.4 is 15.4 Å². The third-order valence-corrected chi connectivity index (χ3v) is 4.44. The minimum atomic E-state index is -0.359. The molecule has 0 radical (unpaired) electrons. The van der Waals surface area contributed by atoms with Crippen LogP contribution in [-0.4, -0.2) is 23.4 Å². The number of carbonyl (C=O) groups is 2. The molecular weight excluding hydrogens is 413 g/mol. The molecule has 3 rings (SSSR count). The van der Waals surface area contributed by atoms with Crippen molar-refractivity contribution in [2.24, 2.45) is 0 Å². The van der Waals surface area contributed by atoms with Gasteiger partial charge in [0, 0.05) is 29.6 Å². The summed E-state index contributed by atoms with van der Waals surface area (Å²) in [5.41, 5.74) is 1.79. The maximum Gasteiger partial charge on any atom is 0.262 e. The van der Waals surface area contributed by atoms with Crippen LogP contribution in [0.5, 0.6) is 5.75 Å². The van der Waals surface area contributed by atoms with Crippen LogP contribution in [0.2, 0.25) is 10.0 Å². The molecule has 0 fully saturated rings. The molecule has 2 aromatic carbocycles. The number of hydrogen-bond acceptors (Lipinski definition) is 4. The number of benzene rings is 2. The van der Waals surface area contributed by atoms with Crippen LogP contribution >= 0.6 is 23.2 Å². The molecule has 0 unspecified atom stereocenters. The van der Waals surface area contributed by atoms with Crippen molar-refractivity contribution in [3.63, 3.8) is 0 Å². The molecule has 0 aliphatic rings. The SMILES string of the molecule is O=C(COc1ccc(Cl)cc1Cl)Nc1ccccc1CNC(=O)c1cccnc1. The van der Waals surface area contributed by atoms with E-state index in [2.05, 4.69) is 15.6 Å². The van der Waals surface area contributed by atoms with Crippen molar-refractivity contribution >= 4 is 40.7 Å². The van der Waals surface area contributed by atoms with Gasteiger partial charge in [0.25, 0.3) is 11.8 Å². The number of carbonyl (C=O) groups excluding carboxylic acids is 2. The van der Waals surface area contributed by atoms with Crippen LogP contribution in [0.3, 0.4) is 0 Å². The lowest BCUT2D eigenvalue weighted by atomic mass is 10.1. The van der Waals surface area contributed by atoms with Crippen LogP contribution in [0.1, 0.15) is 15.9 Å². The third-order valence-electron chi connectivity index (χ3n) is 3.91. The summed E-state index contributed by atoms with van der Waals surface area (Å²) in [7, 11) is 0. The molecule has 148 valence electrons. The fourth-order valence-electron chi connectivity index (χ4n) is 2.49. The molecule has 0 bridgehead atoms. The summed E-state index contributed by atoms with van der Waals surface area (Å²) >= 11 is 11.9. The first-order chi connectivity index (χ1) is 14.0. The minimum Gasteiger partial charge on any atom is -0.482 e. The molecule has 0 aliphatic carbocycles. The molecule has 0 spiro atoms. The summed E-state index contributed by atoms with van der Waals surface area (Å²) in [5, 5.41) is 6.39. The average molecular weight is 430 g/mol. The Kier molecular flexibility index (Phi) is 7.05. The van der Waals surface area contributed by atoms with Gasteiger partial charge in [-0.25, -0.2) is 0 Å². The van der Waals surface area contributed by atoms with Crippen LogP contribution in [0, 0.1) is 0 Å². The lowest BCUT2D eigenvalue weighted by Gasteiger charge is -2.13. The molecule has 2 N–H and O–H groups in total. The van der Waals surface area contributed by atoms with E-state index in [1.807, 2.05) is 12.1 Å². The van der Waals surface area contributed by atoms with Gasteiger partial charge in [0.15, 0.2) is 6.61 Å². The second-order valence-corrected chi connectivity index (χ2v) is 6.84. The van der Waals surface area contributed by atoms with Gasteiger partial charge < -0.3 is 15.4 Å². The van der Waals surface area contributed by atoms with Crippen molar-refractivity contribution in [2.75, 3.05) is 11.9 Å². The Balaban J connectivity index is 1.58. The quantitative estimate of drug-likeness (QED) is 0.585. The highest BCUT2D eigenvalue weighted by Crippen LogP contribution is 2.27. The van der Waals surface area contributed by atoms with Crippen molar-refractivity contribution in [3.05, 3.63) is 88.2 Å². The van der Waals surface area contributed by atoms with Gasteiger partial charge in [0.2, 0.25) is 0 Å². The number of ether oxygens (including phenoxy) is 1. The van der Waals surface area contributed by atoms with Crippen molar-refractivity contribution < 1.29 is 14.3 Å². The smallest absolute Gasteiger partial charge is 0.262 e. The Morgan fingerprint density at radius 3 is 2.62 bits per heavy atom. The van der Waals surface area contributed by atoms with Crippen LogP contribution in [0.4, 0.5) is 5.69 Å². The van der Waals surface area contributed by atoms with E-state index in [0.29, 0.717) is 27.0 Å². The monoisotopic (exact) mass is 429 g/mol. The van der Waals surface area contributed by atoms with Gasteiger partial charge in [-0.15, -0.1) is 0 Å². The molecule has 3 aromatic rings. The molecule has 0 saturated carbocycles. The highest BCUT2D eigenvalue weighted by molar-refractivity contribution is 6.35. The molecule has 0 saturated heterocycles. The predicted molar refractivity (Wildman–Crippen MR) is 112 cm³/mol. The molecule has 2 amide bonds. The maximum atomic E-state index is 12.3. The van der Waals surface area contributed by atoms with Gasteiger partial charge in [0.1, 0.15) is 5.75 Å². The summed E-state index contributed by atoms with van der Waals surface area (Å²) in [5.74, 6) is -0.245. The van der Waals surface area contributed by atoms with E-state index in [-0.39, 0.29) is 25.0 Å². The molecule has 0 aliphatic heterocycles. The lowest BCUT2D eigenvalue weighted by Crippen LogP contribution is -2.25. The lowest BCUT2D eigenvalue weighted by molar-refractivity contribution is -0.118. The van der Waals surface area contributed by atoms with Crippen LogP contribution in [0.25, 0.3) is 0 Å². The molecule has 8 heteroatoms. The number of rotatable bonds is 7. The van der Waals surface area contributed by atoms with Gasteiger partial charge in [0.05, 0.1) is 10.6 Å². The summed E-state index contributed by atoms with van der Waals surface area (Å²) in [6.45, 7) is 0.0196. The van der Waals surface area contributed by atoms with Crippen LogP contribution in [-0.2, 0) is 11.3 Å². The van der Waals surface area contributed by atoms with Gasteiger partial charge in [-0.3, -0.25) is 14.6 Å². The van der Waals surface area contributed by atoms with Crippen molar-refractivity contribution in [2.45, 2.75) is 6.54 Å². The van der Waals surface area contributed by atoms with Crippen molar-refractivity contribution in [1.29, 1.82) is 0 Å². The van der Waals surface area contributed by atoms with Gasteiger partial charge >= 0.3 is 0 Å². The predicted octanol–water partition coefficient (Wildman–Crippen LogP) is 4.34. The maximum absolute atomic E-state index is 12.3. The number of anilines is 1. The Hall–Kier alpha value is -3.09. The second kappa shape index (κ2) is 9.91. The summed E-state index contributed by atoms with van der Waals surface area (Å²) < 4.78 is 5.44. The third kappa shape index (κ3) is 5.94. The number of nitrogens with one attached hydrogen (secondary N) is 2. The Bertz CT molecular complexity index is 1010. The molecule has 6 nitrogen and oxygen atoms in total. The first-order valence-corrected chi connectivity index (χ1v) is 9.42. The Morgan fingerprint density at radius 2 is 1.86 bits per heavy atom. The van der Waals surface area contributed by atoms with Crippen LogP contribution in [0.15, 0.2) is 67.0 Å². The summed E-state index contributed by atoms with van der Waals surface area (Å²) in [6.07, 6.45) is 3.09. The minimum absolute atomic E-state index is 0.224. The number of pyridine rings is 1. The number of hydrogen-bond donors (Lipinski definition) is 2. The number of para-hydroxylation sites is 1. The van der Waals surface area contributed by atoms with Crippen molar-refractivity contribution in [3.8, 4) is 5.75 Å². The van der Waals surface area contributed by atoms with Gasteiger partial charge in [-0.2, -0.15) is 0 Å². The fraction of sp³-hybridized carbons (Fsp3) is 0.0952. The number of halogens is 2. The Labute approximate surface area is 177 Å². The zero-order chi connectivity index (χ0) is 20.6. The van der Waals surface area contributed by atoms with Gasteiger partial charge in [-0.05, 0) is 42.0 Å². The molecular formula is C21H17Cl2N3O3. The summed E-state index contributed by atoms with van der Waals surface area (Å²) in [4.78, 5) is 28.4. The van der Waals surface area contributed by atoms with Gasteiger partial charge in [-0.1, -0.05) is 41.4 Å². The topological polar surface area (TPSA) is 80.3 Å². The highest BCUT2D eigenvalue weighted by Gasteiger charge is 2.11. The number of aromatic nitrogens is 1. The molecule has 0 atom stereocenters. The molecule has 1 aromatic heterocycles. The second-order valence-electron chi connectivity index (χ2n) is 5.99. The number of amides is 2. The molecule has 1 heterocycles. The summed E-state index contributed by atoms with van der Waals surface area (Å²) in [6, 6.07) is 15.3. The van der Waals surface area contributed by atoms with E-state index in [1.165, 1.54) is 12.3 Å². The number of nitrogens with zero attached hydrogens (tertiary/aromatic N) is 1. The highest BCUT2D eigenvalue weighted by atomic mass is 35.5. The normalized spacial score (nSPS) is 10.3. The zero-order valence-corrected chi connectivity index (χ0v) is 16.7. The van der Waals surface area contributed by atoms with E-state index in [9.17, 15) is 9.59 Å². The largest absolute Gasteiger partial charge is 0.482 e. The molecule has 29 heavy (non-hydrogen) atoms. The van der Waals surface area contributed by atoms with E-state index >= 15 is 0 Å². The standard InChI is InChI=1S/C21H17Cl2N3O3/c22-16-7-8-19(17(23)10-16)29-13-20(27)26-18-6-2-1-4-14(18)12-25-21(28)15-5-3-9-24-11-15/h1-11H,12-13H2,(H,25,28)(H,26,27). The zero-order valence-electron chi connectivity index (χ0n) is 15.2. The van der Waals surface area contributed by atoms with E-state index in [0.717, 1.165) is 5.56 Å². The fourth-order valence-corrected chi connectivity index (χ4v) is 2.96.